The number of rotatable bonds is 5. The van der Waals surface area contributed by atoms with Crippen LogP contribution in [0.4, 0.5) is 4.79 Å². The quantitative estimate of drug-likeness (QED) is 0.651. The summed E-state index contributed by atoms with van der Waals surface area (Å²) in [5.74, 6) is 0.900. The van der Waals surface area contributed by atoms with Crippen molar-refractivity contribution in [2.75, 3.05) is 45.9 Å². The van der Waals surface area contributed by atoms with Gasteiger partial charge < -0.3 is 19.9 Å². The molecular formula is C17H27N5O2. The van der Waals surface area contributed by atoms with Crippen molar-refractivity contribution in [3.8, 4) is 0 Å². The molecule has 7 nitrogen and oxygen atoms in total. The molecule has 1 amide bonds. The van der Waals surface area contributed by atoms with E-state index in [0.29, 0.717) is 26.2 Å². The molecule has 0 radical (unpaired) electrons. The molecule has 1 N–H and O–H groups in total. The molecule has 0 atom stereocenters. The third-order valence-electron chi connectivity index (χ3n) is 3.80. The predicted molar refractivity (Wildman–Crippen MR) is 94.1 cm³/mol. The summed E-state index contributed by atoms with van der Waals surface area (Å²) in [6, 6.07) is 5.92. The number of nitrogens with one attached hydrogen (secondary N) is 1. The third-order valence-corrected chi connectivity index (χ3v) is 3.80. The lowest BCUT2D eigenvalue weighted by atomic mass is 10.3. The van der Waals surface area contributed by atoms with Crippen molar-refractivity contribution in [1.82, 2.24) is 20.1 Å². The first-order chi connectivity index (χ1) is 11.7. The average molecular weight is 333 g/mol. The first-order valence-electron chi connectivity index (χ1n) is 8.59. The van der Waals surface area contributed by atoms with Crippen LogP contribution in [0.25, 0.3) is 0 Å². The molecule has 1 aromatic heterocycles. The van der Waals surface area contributed by atoms with Crippen LogP contribution in [-0.4, -0.2) is 72.7 Å². The molecule has 0 aromatic carbocycles. The highest BCUT2D eigenvalue weighted by Crippen LogP contribution is 2.05. The van der Waals surface area contributed by atoms with E-state index >= 15 is 0 Å². The van der Waals surface area contributed by atoms with Crippen molar-refractivity contribution in [2.45, 2.75) is 20.3 Å². The molecule has 0 saturated carbocycles. The molecule has 2 rings (SSSR count). The minimum Gasteiger partial charge on any atom is -0.450 e. The van der Waals surface area contributed by atoms with E-state index in [-0.39, 0.29) is 6.09 Å². The van der Waals surface area contributed by atoms with Gasteiger partial charge in [0.2, 0.25) is 0 Å². The number of carbonyl (C=O) groups excluding carboxylic acids is 1. The standard InChI is InChI=1S/C17H27N5O2/c1-3-18-16(20-10-8-15-7-5-6-9-19-15)21-11-13-22(14-12-21)17(23)24-4-2/h5-7,9H,3-4,8,10-14H2,1-2H3,(H,18,20). The largest absolute Gasteiger partial charge is 0.450 e. The molecule has 0 bridgehead atoms. The Labute approximate surface area is 143 Å². The normalized spacial score (nSPS) is 15.3. The van der Waals surface area contributed by atoms with Gasteiger partial charge in [-0.1, -0.05) is 6.07 Å². The number of hydrogen-bond donors (Lipinski definition) is 1. The van der Waals surface area contributed by atoms with E-state index in [1.165, 1.54) is 0 Å². The number of carbonyl (C=O) groups is 1. The SMILES string of the molecule is CCNC(=NCCc1ccccn1)N1CCN(C(=O)OCC)CC1. The Hall–Kier alpha value is -2.31. The van der Waals surface area contributed by atoms with E-state index in [1.54, 1.807) is 11.1 Å². The number of piperazine rings is 1. The second kappa shape index (κ2) is 9.75. The lowest BCUT2D eigenvalue weighted by Crippen LogP contribution is -2.54. The lowest BCUT2D eigenvalue weighted by Gasteiger charge is -2.35. The Morgan fingerprint density at radius 3 is 2.62 bits per heavy atom. The van der Waals surface area contributed by atoms with E-state index in [0.717, 1.165) is 37.7 Å². The number of hydrogen-bond acceptors (Lipinski definition) is 4. The van der Waals surface area contributed by atoms with Crippen molar-refractivity contribution >= 4 is 12.1 Å². The highest BCUT2D eigenvalue weighted by molar-refractivity contribution is 5.80. The maximum atomic E-state index is 11.8. The number of aliphatic imine (C=N–C) groups is 1. The molecule has 0 unspecified atom stereocenters. The Balaban J connectivity index is 1.86. The van der Waals surface area contributed by atoms with Crippen molar-refractivity contribution in [3.63, 3.8) is 0 Å². The third kappa shape index (κ3) is 5.40. The summed E-state index contributed by atoms with van der Waals surface area (Å²) in [7, 11) is 0. The fourth-order valence-electron chi connectivity index (χ4n) is 2.56. The molecule has 132 valence electrons. The van der Waals surface area contributed by atoms with Crippen LogP contribution in [0.5, 0.6) is 0 Å². The number of guanidine groups is 1. The van der Waals surface area contributed by atoms with Gasteiger partial charge in [-0.15, -0.1) is 0 Å². The second-order valence-electron chi connectivity index (χ2n) is 5.48. The second-order valence-corrected chi connectivity index (χ2v) is 5.48. The van der Waals surface area contributed by atoms with Gasteiger partial charge in [0.25, 0.3) is 0 Å². The van der Waals surface area contributed by atoms with Crippen LogP contribution in [-0.2, 0) is 11.2 Å². The number of pyridine rings is 1. The first-order valence-corrected chi connectivity index (χ1v) is 8.59. The van der Waals surface area contributed by atoms with E-state index in [1.807, 2.05) is 25.1 Å². The molecule has 0 spiro atoms. The molecule has 7 heteroatoms. The molecule has 24 heavy (non-hydrogen) atoms. The zero-order chi connectivity index (χ0) is 17.2. The molecule has 1 aliphatic rings. The van der Waals surface area contributed by atoms with Crippen molar-refractivity contribution in [1.29, 1.82) is 0 Å². The summed E-state index contributed by atoms with van der Waals surface area (Å²) in [6.45, 7) is 8.64. The van der Waals surface area contributed by atoms with Gasteiger partial charge in [0.15, 0.2) is 5.96 Å². The molecular weight excluding hydrogens is 306 g/mol. The molecule has 2 heterocycles. The number of nitrogens with zero attached hydrogens (tertiary/aromatic N) is 4. The minimum absolute atomic E-state index is 0.228. The molecule has 0 aliphatic carbocycles. The number of amides is 1. The van der Waals surface area contributed by atoms with Gasteiger partial charge in [-0.3, -0.25) is 9.98 Å². The van der Waals surface area contributed by atoms with Crippen molar-refractivity contribution in [3.05, 3.63) is 30.1 Å². The number of aromatic nitrogens is 1. The van der Waals surface area contributed by atoms with Crippen LogP contribution in [0.3, 0.4) is 0 Å². The van der Waals surface area contributed by atoms with Gasteiger partial charge in [0.05, 0.1) is 6.61 Å². The van der Waals surface area contributed by atoms with Crippen molar-refractivity contribution in [2.24, 2.45) is 4.99 Å². The Kier molecular flexibility index (Phi) is 7.32. The van der Waals surface area contributed by atoms with Gasteiger partial charge in [-0.2, -0.15) is 0 Å². The van der Waals surface area contributed by atoms with E-state index < -0.39 is 0 Å². The summed E-state index contributed by atoms with van der Waals surface area (Å²) >= 11 is 0. The maximum absolute atomic E-state index is 11.8. The van der Waals surface area contributed by atoms with Crippen molar-refractivity contribution < 1.29 is 9.53 Å². The average Bonchev–Trinajstić information content (AvgIpc) is 2.62. The number of ether oxygens (including phenoxy) is 1. The van der Waals surface area contributed by atoms with Crippen LogP contribution in [0.1, 0.15) is 19.5 Å². The van der Waals surface area contributed by atoms with Gasteiger partial charge in [0, 0.05) is 57.6 Å². The summed E-state index contributed by atoms with van der Waals surface area (Å²) in [4.78, 5) is 24.7. The molecule has 1 saturated heterocycles. The van der Waals surface area contributed by atoms with Gasteiger partial charge >= 0.3 is 6.09 Å². The van der Waals surface area contributed by atoms with Crippen LogP contribution in [0, 0.1) is 0 Å². The Morgan fingerprint density at radius 2 is 2.00 bits per heavy atom. The Bertz CT molecular complexity index is 527. The van der Waals surface area contributed by atoms with E-state index in [9.17, 15) is 4.79 Å². The van der Waals surface area contributed by atoms with E-state index in [2.05, 4.69) is 22.1 Å². The smallest absolute Gasteiger partial charge is 0.409 e. The minimum atomic E-state index is -0.228. The summed E-state index contributed by atoms with van der Waals surface area (Å²) < 4.78 is 5.05. The zero-order valence-corrected chi connectivity index (χ0v) is 14.6. The fourth-order valence-corrected chi connectivity index (χ4v) is 2.56. The fraction of sp³-hybridized carbons (Fsp3) is 0.588. The summed E-state index contributed by atoms with van der Waals surface area (Å²) in [5.41, 5.74) is 1.05. The van der Waals surface area contributed by atoms with Gasteiger partial charge in [-0.05, 0) is 26.0 Å². The summed E-state index contributed by atoms with van der Waals surface area (Å²) in [5, 5.41) is 3.33. The van der Waals surface area contributed by atoms with Gasteiger partial charge in [-0.25, -0.2) is 4.79 Å². The van der Waals surface area contributed by atoms with Crippen LogP contribution in [0.2, 0.25) is 0 Å². The molecule has 1 fully saturated rings. The van der Waals surface area contributed by atoms with E-state index in [4.69, 9.17) is 9.73 Å². The van der Waals surface area contributed by atoms with Gasteiger partial charge in [0.1, 0.15) is 0 Å². The first kappa shape index (κ1) is 18.0. The zero-order valence-electron chi connectivity index (χ0n) is 14.6. The van der Waals surface area contributed by atoms with Crippen LogP contribution < -0.4 is 5.32 Å². The summed E-state index contributed by atoms with van der Waals surface area (Å²) in [6.07, 6.45) is 2.39. The lowest BCUT2D eigenvalue weighted by molar-refractivity contribution is 0.0914. The topological polar surface area (TPSA) is 70.1 Å². The van der Waals surface area contributed by atoms with Crippen LogP contribution in [0.15, 0.2) is 29.4 Å². The highest BCUT2D eigenvalue weighted by atomic mass is 16.6. The highest BCUT2D eigenvalue weighted by Gasteiger charge is 2.23. The van der Waals surface area contributed by atoms with Crippen LogP contribution >= 0.6 is 0 Å². The maximum Gasteiger partial charge on any atom is 0.409 e. The molecule has 1 aromatic rings. The molecule has 1 aliphatic heterocycles. The monoisotopic (exact) mass is 333 g/mol. The Morgan fingerprint density at radius 1 is 1.25 bits per heavy atom. The predicted octanol–water partition coefficient (Wildman–Crippen LogP) is 1.36.